The van der Waals surface area contributed by atoms with Crippen LogP contribution >= 0.6 is 7.82 Å². The first-order chi connectivity index (χ1) is 29.0. The number of carbonyl (C=O) groups is 1. The number of carbonyl (C=O) groups excluding carboxylic acids is 1. The molecule has 0 amide bonds. The molecule has 0 spiro atoms. The van der Waals surface area contributed by atoms with E-state index in [1.165, 1.54) is 44.9 Å². The van der Waals surface area contributed by atoms with Crippen molar-refractivity contribution in [1.29, 1.82) is 0 Å². The van der Waals surface area contributed by atoms with Crippen LogP contribution in [0.4, 0.5) is 0 Å². The Hall–Kier alpha value is -1.96. The van der Waals surface area contributed by atoms with E-state index in [1.807, 2.05) is 0 Å². The number of hydrogen-bond donors (Lipinski definition) is 6. The molecule has 0 aliphatic heterocycles. The molecule has 0 aromatic heterocycles. The maximum absolute atomic E-state index is 12.8. The van der Waals surface area contributed by atoms with E-state index in [2.05, 4.69) is 74.6 Å². The maximum atomic E-state index is 12.8. The molecule has 0 heterocycles. The van der Waals surface area contributed by atoms with Crippen LogP contribution in [0.3, 0.4) is 0 Å². The van der Waals surface area contributed by atoms with Gasteiger partial charge >= 0.3 is 13.8 Å². The van der Waals surface area contributed by atoms with Gasteiger partial charge in [0.15, 0.2) is 0 Å². The van der Waals surface area contributed by atoms with Gasteiger partial charge in [0.05, 0.1) is 13.2 Å². The van der Waals surface area contributed by atoms with Crippen LogP contribution in [0.1, 0.15) is 168 Å². The van der Waals surface area contributed by atoms with E-state index in [0.29, 0.717) is 13.0 Å². The largest absolute Gasteiger partial charge is 0.472 e. The molecular formula is C47H83O12P. The summed E-state index contributed by atoms with van der Waals surface area (Å²) in [6, 6.07) is 0. The molecule has 0 aromatic rings. The highest BCUT2D eigenvalue weighted by Gasteiger charge is 2.51. The van der Waals surface area contributed by atoms with Crippen LogP contribution in [-0.2, 0) is 27.9 Å². The number of rotatable bonds is 38. The van der Waals surface area contributed by atoms with E-state index in [9.17, 15) is 39.8 Å². The monoisotopic (exact) mass is 871 g/mol. The Balaban J connectivity index is 2.40. The molecule has 1 aliphatic carbocycles. The van der Waals surface area contributed by atoms with E-state index in [4.69, 9.17) is 18.5 Å². The summed E-state index contributed by atoms with van der Waals surface area (Å²) in [6.45, 7) is 4.12. The summed E-state index contributed by atoms with van der Waals surface area (Å²) in [7, 11) is -5.03. The lowest BCUT2D eigenvalue weighted by molar-refractivity contribution is -0.220. The number of phosphoric ester groups is 1. The van der Waals surface area contributed by atoms with Crippen molar-refractivity contribution < 1.29 is 58.3 Å². The van der Waals surface area contributed by atoms with Crippen LogP contribution in [0.5, 0.6) is 0 Å². The lowest BCUT2D eigenvalue weighted by atomic mass is 9.85. The van der Waals surface area contributed by atoms with Crippen LogP contribution in [0.2, 0.25) is 0 Å². The third-order valence-corrected chi connectivity index (χ3v) is 11.3. The summed E-state index contributed by atoms with van der Waals surface area (Å²) in [4.78, 5) is 23.1. The summed E-state index contributed by atoms with van der Waals surface area (Å²) in [6.07, 6.45) is 34.3. The smallest absolute Gasteiger partial charge is 0.457 e. The van der Waals surface area contributed by atoms with E-state index < -0.39 is 63.1 Å². The normalized spacial score (nSPS) is 22.9. The molecule has 60 heavy (non-hydrogen) atoms. The predicted molar refractivity (Wildman–Crippen MR) is 239 cm³/mol. The van der Waals surface area contributed by atoms with E-state index in [-0.39, 0.29) is 13.0 Å². The fourth-order valence-electron chi connectivity index (χ4n) is 6.63. The fourth-order valence-corrected chi connectivity index (χ4v) is 7.61. The number of phosphoric acid groups is 1. The third-order valence-electron chi connectivity index (χ3n) is 10.3. The number of allylic oxidation sites excluding steroid dienone is 10. The van der Waals surface area contributed by atoms with Crippen molar-refractivity contribution >= 4 is 13.8 Å². The van der Waals surface area contributed by atoms with Crippen molar-refractivity contribution in [2.45, 2.75) is 211 Å². The summed E-state index contributed by atoms with van der Waals surface area (Å²) < 4.78 is 34.1. The van der Waals surface area contributed by atoms with Gasteiger partial charge in [-0.05, 0) is 77.0 Å². The topological polar surface area (TPSA) is 192 Å². The zero-order valence-electron chi connectivity index (χ0n) is 37.0. The minimum atomic E-state index is -5.03. The van der Waals surface area contributed by atoms with Gasteiger partial charge in [0.2, 0.25) is 0 Å². The predicted octanol–water partition coefficient (Wildman–Crippen LogP) is 9.42. The van der Waals surface area contributed by atoms with Crippen molar-refractivity contribution in [1.82, 2.24) is 0 Å². The number of ether oxygens (including phenoxy) is 2. The zero-order chi connectivity index (χ0) is 44.1. The quantitative estimate of drug-likeness (QED) is 0.0149. The van der Waals surface area contributed by atoms with E-state index in [0.717, 1.165) is 96.3 Å². The summed E-state index contributed by atoms with van der Waals surface area (Å²) in [5.41, 5.74) is 0. The summed E-state index contributed by atoms with van der Waals surface area (Å²) in [5.74, 6) is -0.498. The van der Waals surface area contributed by atoms with Crippen LogP contribution in [0.25, 0.3) is 0 Å². The summed E-state index contributed by atoms with van der Waals surface area (Å²) in [5, 5.41) is 50.2. The molecule has 13 heteroatoms. The van der Waals surface area contributed by atoms with Gasteiger partial charge < -0.3 is 39.9 Å². The molecular weight excluding hydrogens is 787 g/mol. The van der Waals surface area contributed by atoms with Crippen molar-refractivity contribution in [3.63, 3.8) is 0 Å². The Morgan fingerprint density at radius 1 is 0.533 bits per heavy atom. The SMILES string of the molecule is CCC/C=C\C/C=C\CCCCCCCC(=O)OC(COCCCCCCCCC/C=C\C/C=C\C/C=C\CCCCC)COP(=O)(O)OC1C(O)C(O)C(O)C(O)C1O. The molecule has 348 valence electrons. The maximum Gasteiger partial charge on any atom is 0.472 e. The number of unbranched alkanes of at least 4 members (excludes halogenated alkanes) is 16. The summed E-state index contributed by atoms with van der Waals surface area (Å²) >= 11 is 0. The molecule has 6 unspecified atom stereocenters. The molecule has 0 radical (unpaired) electrons. The van der Waals surface area contributed by atoms with Crippen LogP contribution in [0.15, 0.2) is 60.8 Å². The van der Waals surface area contributed by atoms with Crippen LogP contribution < -0.4 is 0 Å². The third kappa shape index (κ3) is 29.4. The van der Waals surface area contributed by atoms with Gasteiger partial charge in [0, 0.05) is 13.0 Å². The lowest BCUT2D eigenvalue weighted by Gasteiger charge is -2.41. The molecule has 6 atom stereocenters. The van der Waals surface area contributed by atoms with Gasteiger partial charge in [-0.15, -0.1) is 0 Å². The van der Waals surface area contributed by atoms with Gasteiger partial charge in [-0.1, -0.05) is 145 Å². The standard InChI is InChI=1S/C47H83O12P/c1-3-5-7-9-11-13-15-17-18-19-20-21-22-23-25-27-29-31-33-35-37-56-38-40(39-57-60(54,55)59-47-45(52)43(50)42(49)44(51)46(47)53)58-41(48)36-34-32-30-28-26-24-16-14-12-10-8-6-4-2/h8,10-11,13-14,16-18,20-21,40,42-47,49-53H,3-7,9,12,15,19,22-39H2,1-2H3,(H,54,55)/b10-8-,13-11-,16-14-,18-17-,21-20-. The number of esters is 1. The Kier molecular flexibility index (Phi) is 35.1. The van der Waals surface area contributed by atoms with Crippen LogP contribution in [0, 0.1) is 0 Å². The number of hydrogen-bond acceptors (Lipinski definition) is 11. The molecule has 6 N–H and O–H groups in total. The number of aliphatic hydroxyl groups excluding tert-OH is 5. The van der Waals surface area contributed by atoms with Gasteiger partial charge in [-0.2, -0.15) is 0 Å². The Bertz CT molecular complexity index is 1220. The molecule has 1 rings (SSSR count). The fraction of sp³-hybridized carbons (Fsp3) is 0.766. The van der Waals surface area contributed by atoms with Gasteiger partial charge in [0.25, 0.3) is 0 Å². The highest BCUT2D eigenvalue weighted by atomic mass is 31.2. The first-order valence-electron chi connectivity index (χ1n) is 23.1. The number of aliphatic hydroxyl groups is 5. The van der Waals surface area contributed by atoms with Crippen LogP contribution in [-0.4, -0.2) is 98.9 Å². The minimum absolute atomic E-state index is 0.0918. The Labute approximate surface area is 362 Å². The Morgan fingerprint density at radius 2 is 0.967 bits per heavy atom. The van der Waals surface area contributed by atoms with Crippen molar-refractivity contribution in [2.24, 2.45) is 0 Å². The van der Waals surface area contributed by atoms with E-state index in [1.54, 1.807) is 0 Å². The average Bonchev–Trinajstić information content (AvgIpc) is 3.23. The van der Waals surface area contributed by atoms with Crippen molar-refractivity contribution in [3.8, 4) is 0 Å². The average molecular weight is 871 g/mol. The highest BCUT2D eigenvalue weighted by molar-refractivity contribution is 7.47. The molecule has 1 saturated carbocycles. The second kappa shape index (κ2) is 37.6. The Morgan fingerprint density at radius 3 is 1.48 bits per heavy atom. The second-order valence-corrected chi connectivity index (χ2v) is 17.3. The van der Waals surface area contributed by atoms with E-state index >= 15 is 0 Å². The zero-order valence-corrected chi connectivity index (χ0v) is 37.9. The van der Waals surface area contributed by atoms with Crippen molar-refractivity contribution in [3.05, 3.63) is 60.8 Å². The van der Waals surface area contributed by atoms with Crippen molar-refractivity contribution in [2.75, 3.05) is 19.8 Å². The molecule has 0 saturated heterocycles. The molecule has 1 fully saturated rings. The first kappa shape index (κ1) is 56.1. The first-order valence-corrected chi connectivity index (χ1v) is 24.6. The minimum Gasteiger partial charge on any atom is -0.457 e. The van der Waals surface area contributed by atoms with Gasteiger partial charge in [-0.3, -0.25) is 13.8 Å². The molecule has 1 aliphatic rings. The van der Waals surface area contributed by atoms with Gasteiger partial charge in [0.1, 0.15) is 42.7 Å². The highest BCUT2D eigenvalue weighted by Crippen LogP contribution is 2.47. The molecule has 0 bridgehead atoms. The molecule has 0 aromatic carbocycles. The molecule has 12 nitrogen and oxygen atoms in total. The second-order valence-electron chi connectivity index (χ2n) is 15.9. The van der Waals surface area contributed by atoms with Gasteiger partial charge in [-0.25, -0.2) is 4.57 Å². The lowest BCUT2D eigenvalue weighted by Crippen LogP contribution is -2.64.